The highest BCUT2D eigenvalue weighted by Gasteiger charge is 2.37. The lowest BCUT2D eigenvalue weighted by molar-refractivity contribution is -0.123. The molecule has 1 amide bonds. The minimum atomic E-state index is -0.0797. The number of amides is 1. The second kappa shape index (κ2) is 5.78. The van der Waals surface area contributed by atoms with Crippen LogP contribution in [0.1, 0.15) is 30.4 Å². The Morgan fingerprint density at radius 1 is 1.40 bits per heavy atom. The highest BCUT2D eigenvalue weighted by molar-refractivity contribution is 8.00. The van der Waals surface area contributed by atoms with E-state index >= 15 is 0 Å². The quantitative estimate of drug-likeness (QED) is 0.892. The minimum Gasteiger partial charge on any atom is -0.353 e. The van der Waals surface area contributed by atoms with Crippen LogP contribution in [0.25, 0.3) is 0 Å². The molecule has 4 heteroatoms. The summed E-state index contributed by atoms with van der Waals surface area (Å²) in [5.74, 6) is 0.153. The van der Waals surface area contributed by atoms with E-state index in [1.54, 1.807) is 0 Å². The summed E-state index contributed by atoms with van der Waals surface area (Å²) in [6, 6.07) is 8.29. The number of thioether (sulfide) groups is 1. The van der Waals surface area contributed by atoms with Gasteiger partial charge in [0.15, 0.2) is 0 Å². The van der Waals surface area contributed by atoms with Crippen molar-refractivity contribution in [1.29, 1.82) is 0 Å². The molecule has 2 aliphatic rings. The molecule has 2 N–H and O–H groups in total. The normalized spacial score (nSPS) is 23.6. The van der Waals surface area contributed by atoms with Crippen molar-refractivity contribution < 1.29 is 4.79 Å². The van der Waals surface area contributed by atoms with Crippen molar-refractivity contribution in [3.63, 3.8) is 0 Å². The van der Waals surface area contributed by atoms with Gasteiger partial charge in [-0.1, -0.05) is 30.7 Å². The largest absolute Gasteiger partial charge is 0.353 e. The lowest BCUT2D eigenvalue weighted by Crippen LogP contribution is -2.52. The topological polar surface area (TPSA) is 41.1 Å². The van der Waals surface area contributed by atoms with Gasteiger partial charge < -0.3 is 10.6 Å². The van der Waals surface area contributed by atoms with E-state index < -0.39 is 0 Å². The third-order valence-electron chi connectivity index (χ3n) is 4.68. The van der Waals surface area contributed by atoms with Crippen molar-refractivity contribution in [2.45, 2.75) is 43.0 Å². The maximum atomic E-state index is 12.3. The maximum absolute atomic E-state index is 12.3. The molecular weight excluding hydrogens is 268 g/mol. The number of hydrogen-bond acceptors (Lipinski definition) is 3. The zero-order valence-electron chi connectivity index (χ0n) is 11.9. The maximum Gasteiger partial charge on any atom is 0.237 e. The van der Waals surface area contributed by atoms with Crippen LogP contribution < -0.4 is 10.6 Å². The number of benzene rings is 1. The summed E-state index contributed by atoms with van der Waals surface area (Å²) in [6.07, 6.45) is 6.71. The van der Waals surface area contributed by atoms with Crippen LogP contribution in [0.2, 0.25) is 0 Å². The van der Waals surface area contributed by atoms with Gasteiger partial charge in [0.2, 0.25) is 5.91 Å². The van der Waals surface area contributed by atoms with Crippen LogP contribution in [0.5, 0.6) is 0 Å². The van der Waals surface area contributed by atoms with Gasteiger partial charge in [0, 0.05) is 17.8 Å². The van der Waals surface area contributed by atoms with Crippen molar-refractivity contribution in [2.24, 2.45) is 0 Å². The van der Waals surface area contributed by atoms with E-state index in [-0.39, 0.29) is 11.9 Å². The first-order valence-corrected chi connectivity index (χ1v) is 8.58. The van der Waals surface area contributed by atoms with E-state index in [0.717, 1.165) is 19.5 Å². The first kappa shape index (κ1) is 14.0. The Kier molecular flexibility index (Phi) is 4.03. The Balaban J connectivity index is 1.56. The molecular formula is C16H22N2OS. The Morgan fingerprint density at radius 3 is 2.80 bits per heavy atom. The van der Waals surface area contributed by atoms with Crippen molar-refractivity contribution >= 4 is 17.7 Å². The Bertz CT molecular complexity index is 493. The van der Waals surface area contributed by atoms with E-state index in [9.17, 15) is 4.79 Å². The smallest absolute Gasteiger partial charge is 0.237 e. The summed E-state index contributed by atoms with van der Waals surface area (Å²) >= 11 is 1.90. The Labute approximate surface area is 124 Å². The fourth-order valence-electron chi connectivity index (χ4n) is 3.04. The standard InChI is InChI=1S/C16H22N2OS/c1-20-16(7-4-8-16)11-18-15(19)14-9-12-5-2-3-6-13(12)10-17-14/h2-3,5-6,14,17H,4,7-11H2,1H3,(H,18,19)/t14-/m0/s1. The monoisotopic (exact) mass is 290 g/mol. The molecule has 1 aromatic rings. The number of carbonyl (C=O) groups excluding carboxylic acids is 1. The molecule has 0 saturated heterocycles. The molecule has 3 nitrogen and oxygen atoms in total. The number of fused-ring (bicyclic) bond motifs is 1. The fraction of sp³-hybridized carbons (Fsp3) is 0.562. The molecule has 1 fully saturated rings. The van der Waals surface area contributed by atoms with Crippen LogP contribution in [0, 0.1) is 0 Å². The SMILES string of the molecule is CSC1(CNC(=O)[C@@H]2Cc3ccccc3CN2)CCC1. The van der Waals surface area contributed by atoms with Crippen molar-refractivity contribution in [3.8, 4) is 0 Å². The third kappa shape index (κ3) is 2.72. The fourth-order valence-corrected chi connectivity index (χ4v) is 3.95. The van der Waals surface area contributed by atoms with Crippen LogP contribution in [-0.4, -0.2) is 29.5 Å². The van der Waals surface area contributed by atoms with Crippen LogP contribution in [0.4, 0.5) is 0 Å². The minimum absolute atomic E-state index is 0.0797. The first-order chi connectivity index (χ1) is 9.72. The zero-order valence-corrected chi connectivity index (χ0v) is 12.8. The van der Waals surface area contributed by atoms with E-state index in [4.69, 9.17) is 0 Å². The van der Waals surface area contributed by atoms with Gasteiger partial charge in [0.05, 0.1) is 6.04 Å². The van der Waals surface area contributed by atoms with Crippen LogP contribution in [0.3, 0.4) is 0 Å². The zero-order chi connectivity index (χ0) is 14.0. The summed E-state index contributed by atoms with van der Waals surface area (Å²) in [5.41, 5.74) is 2.62. The van der Waals surface area contributed by atoms with E-state index in [1.165, 1.54) is 30.4 Å². The van der Waals surface area contributed by atoms with Crippen LogP contribution in [0.15, 0.2) is 24.3 Å². The summed E-state index contributed by atoms with van der Waals surface area (Å²) < 4.78 is 0.308. The van der Waals surface area contributed by atoms with Gasteiger partial charge in [-0.3, -0.25) is 4.79 Å². The molecule has 3 rings (SSSR count). The molecule has 0 unspecified atom stereocenters. The van der Waals surface area contributed by atoms with Crippen molar-refractivity contribution in [2.75, 3.05) is 12.8 Å². The van der Waals surface area contributed by atoms with Gasteiger partial charge in [-0.15, -0.1) is 0 Å². The lowest BCUT2D eigenvalue weighted by Gasteiger charge is -2.40. The highest BCUT2D eigenvalue weighted by atomic mass is 32.2. The predicted octanol–water partition coefficient (Wildman–Crippen LogP) is 2.10. The molecule has 108 valence electrons. The average molecular weight is 290 g/mol. The number of carbonyl (C=O) groups is 1. The molecule has 1 heterocycles. The molecule has 1 saturated carbocycles. The van der Waals surface area contributed by atoms with Gasteiger partial charge in [-0.2, -0.15) is 11.8 Å². The number of rotatable bonds is 4. The highest BCUT2D eigenvalue weighted by Crippen LogP contribution is 2.42. The lowest BCUT2D eigenvalue weighted by atomic mass is 9.84. The summed E-state index contributed by atoms with van der Waals surface area (Å²) in [5, 5.41) is 6.50. The molecule has 1 aliphatic heterocycles. The third-order valence-corrected chi connectivity index (χ3v) is 6.10. The van der Waals surface area contributed by atoms with Crippen molar-refractivity contribution in [1.82, 2.24) is 10.6 Å². The van der Waals surface area contributed by atoms with Gasteiger partial charge >= 0.3 is 0 Å². The summed E-state index contributed by atoms with van der Waals surface area (Å²) in [7, 11) is 0. The molecule has 1 aromatic carbocycles. The average Bonchev–Trinajstić information content (AvgIpc) is 2.46. The molecule has 1 atom stereocenters. The molecule has 0 spiro atoms. The second-order valence-electron chi connectivity index (χ2n) is 5.86. The number of nitrogens with one attached hydrogen (secondary N) is 2. The summed E-state index contributed by atoms with van der Waals surface area (Å²) in [6.45, 7) is 1.61. The van der Waals surface area contributed by atoms with Gasteiger partial charge in [-0.25, -0.2) is 0 Å². The number of hydrogen-bond donors (Lipinski definition) is 2. The second-order valence-corrected chi connectivity index (χ2v) is 7.14. The molecule has 0 aromatic heterocycles. The van der Waals surface area contributed by atoms with Gasteiger partial charge in [0.25, 0.3) is 0 Å². The molecule has 0 bridgehead atoms. The Hall–Kier alpha value is -1.00. The van der Waals surface area contributed by atoms with Crippen LogP contribution >= 0.6 is 11.8 Å². The van der Waals surface area contributed by atoms with Gasteiger partial charge in [0.1, 0.15) is 0 Å². The molecule has 0 radical (unpaired) electrons. The summed E-state index contributed by atoms with van der Waals surface area (Å²) in [4.78, 5) is 12.3. The van der Waals surface area contributed by atoms with Crippen LogP contribution in [-0.2, 0) is 17.8 Å². The van der Waals surface area contributed by atoms with E-state index in [1.807, 2.05) is 11.8 Å². The predicted molar refractivity (Wildman–Crippen MR) is 83.9 cm³/mol. The van der Waals surface area contributed by atoms with Crippen molar-refractivity contribution in [3.05, 3.63) is 35.4 Å². The van der Waals surface area contributed by atoms with Gasteiger partial charge in [-0.05, 0) is 36.6 Å². The molecule has 1 aliphatic carbocycles. The van der Waals surface area contributed by atoms with E-state index in [0.29, 0.717) is 4.75 Å². The van der Waals surface area contributed by atoms with E-state index in [2.05, 4.69) is 41.2 Å². The molecule has 20 heavy (non-hydrogen) atoms. The Morgan fingerprint density at radius 2 is 2.15 bits per heavy atom. The first-order valence-electron chi connectivity index (χ1n) is 7.35.